The zero-order valence-electron chi connectivity index (χ0n) is 23.8. The number of benzene rings is 4. The Kier molecular flexibility index (Phi) is 6.51. The Labute approximate surface area is 254 Å². The highest BCUT2D eigenvalue weighted by Crippen LogP contribution is 2.62. The predicted molar refractivity (Wildman–Crippen MR) is 163 cm³/mol. The van der Waals surface area contributed by atoms with Crippen LogP contribution in [0.25, 0.3) is 6.08 Å². The molecule has 3 aliphatic heterocycles. The number of ether oxygens (including phenoxy) is 2. The molecule has 0 aliphatic carbocycles. The summed E-state index contributed by atoms with van der Waals surface area (Å²) in [6, 6.07) is 28.8. The molecule has 1 N–H and O–H groups in total. The molecule has 0 unspecified atom stereocenters. The molecule has 8 nitrogen and oxygen atoms in total. The summed E-state index contributed by atoms with van der Waals surface area (Å²) in [4.78, 5) is 46.2. The predicted octanol–water partition coefficient (Wildman–Crippen LogP) is 5.58. The van der Waals surface area contributed by atoms with Gasteiger partial charge in [-0.3, -0.25) is 14.4 Å². The molecular formula is C36H27N3O5. The van der Waals surface area contributed by atoms with Gasteiger partial charge in [-0.05, 0) is 65.2 Å². The molecule has 3 heterocycles. The average Bonchev–Trinajstić information content (AvgIpc) is 3.55. The van der Waals surface area contributed by atoms with Crippen LogP contribution in [0.1, 0.15) is 43.4 Å². The van der Waals surface area contributed by atoms with Crippen molar-refractivity contribution in [3.63, 3.8) is 0 Å². The number of carbonyl (C=O) groups is 3. The lowest BCUT2D eigenvalue weighted by molar-refractivity contribution is -0.122. The molecule has 0 aromatic heterocycles. The Morgan fingerprint density at radius 1 is 0.932 bits per heavy atom. The van der Waals surface area contributed by atoms with Gasteiger partial charge in [-0.2, -0.15) is 5.26 Å². The van der Waals surface area contributed by atoms with Gasteiger partial charge in [0.15, 0.2) is 18.2 Å². The van der Waals surface area contributed by atoms with Crippen LogP contribution in [-0.2, 0) is 10.2 Å². The second-order valence-corrected chi connectivity index (χ2v) is 11.0. The highest BCUT2D eigenvalue weighted by Gasteiger charge is 2.70. The smallest absolute Gasteiger partial charge is 0.238 e. The van der Waals surface area contributed by atoms with Crippen LogP contribution in [0.3, 0.4) is 0 Å². The first-order valence-corrected chi connectivity index (χ1v) is 14.3. The number of nitriles is 1. The van der Waals surface area contributed by atoms with Gasteiger partial charge in [0.2, 0.25) is 5.91 Å². The summed E-state index contributed by atoms with van der Waals surface area (Å²) in [5, 5.41) is 12.0. The number of anilines is 1. The molecule has 1 spiro atoms. The first kappa shape index (κ1) is 27.2. The van der Waals surface area contributed by atoms with Crippen LogP contribution in [-0.4, -0.2) is 42.1 Å². The number of Topliss-reactive ketones (excluding diaryl/α,β-unsaturated/α-hetero) is 2. The Bertz CT molecular complexity index is 1890. The van der Waals surface area contributed by atoms with Crippen LogP contribution in [0.4, 0.5) is 5.69 Å². The molecule has 4 aromatic carbocycles. The van der Waals surface area contributed by atoms with Crippen LogP contribution in [0.15, 0.2) is 103 Å². The summed E-state index contributed by atoms with van der Waals surface area (Å²) in [7, 11) is 1.50. The quantitative estimate of drug-likeness (QED) is 0.284. The van der Waals surface area contributed by atoms with Crippen molar-refractivity contribution in [1.29, 1.82) is 5.26 Å². The van der Waals surface area contributed by atoms with Crippen molar-refractivity contribution in [2.75, 3.05) is 19.0 Å². The van der Waals surface area contributed by atoms with E-state index in [4.69, 9.17) is 14.7 Å². The maximum Gasteiger partial charge on any atom is 0.238 e. The van der Waals surface area contributed by atoms with E-state index in [1.165, 1.54) is 7.11 Å². The van der Waals surface area contributed by atoms with E-state index in [2.05, 4.69) is 5.32 Å². The van der Waals surface area contributed by atoms with E-state index < -0.39 is 23.4 Å². The first-order valence-electron chi connectivity index (χ1n) is 14.3. The minimum absolute atomic E-state index is 0.131. The summed E-state index contributed by atoms with van der Waals surface area (Å²) in [6.07, 6.45) is 3.77. The number of rotatable bonds is 7. The SMILES string of the molecule is COc1ccccc1C(=O)[C@@H]1[C@H](C(=O)c2ccc(OCC#N)cc2)[C@]2(C(=O)Nc3ccccc32)[C@@H]2c3ccccc3C=CN12. The van der Waals surface area contributed by atoms with E-state index in [1.807, 2.05) is 71.8 Å². The van der Waals surface area contributed by atoms with Gasteiger partial charge in [-0.15, -0.1) is 0 Å². The second kappa shape index (κ2) is 10.5. The number of hydrogen-bond acceptors (Lipinski definition) is 7. The minimum atomic E-state index is -1.44. The summed E-state index contributed by atoms with van der Waals surface area (Å²) < 4.78 is 11.0. The maximum absolute atomic E-state index is 14.9. The summed E-state index contributed by atoms with van der Waals surface area (Å²) in [5.74, 6) is -1.30. The third-order valence-electron chi connectivity index (χ3n) is 8.94. The van der Waals surface area contributed by atoms with Gasteiger partial charge >= 0.3 is 0 Å². The largest absolute Gasteiger partial charge is 0.496 e. The zero-order valence-corrected chi connectivity index (χ0v) is 23.8. The number of nitrogens with one attached hydrogen (secondary N) is 1. The van der Waals surface area contributed by atoms with Crippen molar-refractivity contribution >= 4 is 29.2 Å². The molecule has 1 fully saturated rings. The topological polar surface area (TPSA) is 109 Å². The van der Waals surface area contributed by atoms with E-state index in [0.29, 0.717) is 33.9 Å². The fourth-order valence-electron chi connectivity index (χ4n) is 7.19. The number of hydrogen-bond donors (Lipinski definition) is 1. The molecule has 4 aromatic rings. The highest BCUT2D eigenvalue weighted by molar-refractivity contribution is 6.17. The third kappa shape index (κ3) is 3.86. The van der Waals surface area contributed by atoms with E-state index in [9.17, 15) is 14.4 Å². The van der Waals surface area contributed by atoms with Crippen molar-refractivity contribution in [3.8, 4) is 17.6 Å². The molecule has 7 rings (SSSR count). The Balaban J connectivity index is 1.49. The van der Waals surface area contributed by atoms with Crippen molar-refractivity contribution in [2.24, 2.45) is 5.92 Å². The molecule has 3 aliphatic rings. The van der Waals surface area contributed by atoms with Gasteiger partial charge in [0.25, 0.3) is 0 Å². The number of ketones is 2. The monoisotopic (exact) mass is 581 g/mol. The number of nitrogens with zero attached hydrogens (tertiary/aromatic N) is 2. The third-order valence-corrected chi connectivity index (χ3v) is 8.94. The van der Waals surface area contributed by atoms with E-state index in [1.54, 1.807) is 48.5 Å². The standard InChI is InChI=1S/C36H27N3O5/c1-43-29-13-7-4-10-26(29)33(41)31-30(32(40)23-14-16-24(17-15-23)44-21-19-37)36(27-11-5-6-12-28(27)38-35(36)42)34-25-9-3-2-8-22(25)18-20-39(31)34/h2-18,20,30-31,34H,21H2,1H3,(H,38,42)/t30-,31+,34+,36+/m1/s1. The highest BCUT2D eigenvalue weighted by atomic mass is 16.5. The molecule has 0 bridgehead atoms. The van der Waals surface area contributed by atoms with Crippen LogP contribution in [0.5, 0.6) is 11.5 Å². The minimum Gasteiger partial charge on any atom is -0.496 e. The zero-order chi connectivity index (χ0) is 30.4. The lowest BCUT2D eigenvalue weighted by Gasteiger charge is -2.38. The second-order valence-electron chi connectivity index (χ2n) is 11.0. The number of amides is 1. The number of methoxy groups -OCH3 is 1. The molecule has 216 valence electrons. The molecule has 0 saturated carbocycles. The lowest BCUT2D eigenvalue weighted by atomic mass is 9.62. The summed E-state index contributed by atoms with van der Waals surface area (Å²) >= 11 is 0. The van der Waals surface area contributed by atoms with Gasteiger partial charge in [-0.25, -0.2) is 0 Å². The van der Waals surface area contributed by atoms with E-state index >= 15 is 0 Å². The van der Waals surface area contributed by atoms with Crippen LogP contribution in [0.2, 0.25) is 0 Å². The number of para-hydroxylation sites is 2. The number of carbonyl (C=O) groups excluding carboxylic acids is 3. The molecule has 8 heteroatoms. The van der Waals surface area contributed by atoms with Crippen molar-refractivity contribution in [3.05, 3.63) is 131 Å². The van der Waals surface area contributed by atoms with Crippen LogP contribution < -0.4 is 14.8 Å². The maximum atomic E-state index is 14.9. The fourth-order valence-corrected chi connectivity index (χ4v) is 7.19. The average molecular weight is 582 g/mol. The Hall–Kier alpha value is -5.68. The summed E-state index contributed by atoms with van der Waals surface area (Å²) in [5.41, 5.74) is 2.28. The summed E-state index contributed by atoms with van der Waals surface area (Å²) in [6.45, 7) is -0.131. The molecule has 1 saturated heterocycles. The van der Waals surface area contributed by atoms with Crippen LogP contribution in [0, 0.1) is 17.2 Å². The molecule has 1 amide bonds. The van der Waals surface area contributed by atoms with Crippen molar-refractivity contribution < 1.29 is 23.9 Å². The van der Waals surface area contributed by atoms with Crippen molar-refractivity contribution in [2.45, 2.75) is 17.5 Å². The van der Waals surface area contributed by atoms with Gasteiger partial charge in [0.1, 0.15) is 29.0 Å². The Morgan fingerprint density at radius 3 is 2.45 bits per heavy atom. The van der Waals surface area contributed by atoms with Crippen LogP contribution >= 0.6 is 0 Å². The first-order chi connectivity index (χ1) is 21.5. The van der Waals surface area contributed by atoms with Gasteiger partial charge < -0.3 is 19.7 Å². The van der Waals surface area contributed by atoms with E-state index in [0.717, 1.165) is 11.1 Å². The Morgan fingerprint density at radius 2 is 1.66 bits per heavy atom. The van der Waals surface area contributed by atoms with Gasteiger partial charge in [0.05, 0.1) is 24.6 Å². The number of fused-ring (bicyclic) bond motifs is 6. The normalized spacial score (nSPS) is 22.4. The van der Waals surface area contributed by atoms with Gasteiger partial charge in [0, 0.05) is 17.5 Å². The van der Waals surface area contributed by atoms with Crippen molar-refractivity contribution in [1.82, 2.24) is 4.90 Å². The fraction of sp³-hybridized carbons (Fsp3) is 0.167. The van der Waals surface area contributed by atoms with E-state index in [-0.39, 0.29) is 24.1 Å². The molecular weight excluding hydrogens is 554 g/mol. The molecule has 0 radical (unpaired) electrons. The van der Waals surface area contributed by atoms with Gasteiger partial charge in [-0.1, -0.05) is 54.6 Å². The molecule has 4 atom stereocenters. The lowest BCUT2D eigenvalue weighted by Crippen LogP contribution is -2.49. The molecule has 44 heavy (non-hydrogen) atoms.